The number of thioether (sulfide) groups is 1. The predicted molar refractivity (Wildman–Crippen MR) is 134 cm³/mol. The first kappa shape index (κ1) is 24.9. The minimum Gasteiger partial charge on any atom is -0.490 e. The summed E-state index contributed by atoms with van der Waals surface area (Å²) < 4.78 is 12.5. The number of thiocarbonyl (C=S) groups is 1. The third-order valence-corrected chi connectivity index (χ3v) is 6.87. The molecule has 1 N–H and O–H groups in total. The van der Waals surface area contributed by atoms with Crippen LogP contribution in [-0.4, -0.2) is 39.4 Å². The number of halogens is 3. The molecule has 2 aromatic carbocycles. The molecule has 0 aromatic heterocycles. The number of aliphatic carboxylic acids is 1. The van der Waals surface area contributed by atoms with Crippen molar-refractivity contribution in [2.24, 2.45) is 0 Å². The van der Waals surface area contributed by atoms with Crippen LogP contribution in [0, 0.1) is 0 Å². The molecule has 0 unspecified atom stereocenters. The van der Waals surface area contributed by atoms with E-state index >= 15 is 0 Å². The predicted octanol–water partition coefficient (Wildman–Crippen LogP) is 6.02. The summed E-state index contributed by atoms with van der Waals surface area (Å²) in [5.41, 5.74) is 1.50. The number of carboxylic acid groups (broad SMARTS) is 1. The Labute approximate surface area is 212 Å². The van der Waals surface area contributed by atoms with Gasteiger partial charge in [-0.3, -0.25) is 14.5 Å². The zero-order valence-corrected chi connectivity index (χ0v) is 21.3. The Morgan fingerprint density at radius 2 is 2.00 bits per heavy atom. The van der Waals surface area contributed by atoms with Crippen LogP contribution in [0.5, 0.6) is 11.5 Å². The van der Waals surface area contributed by atoms with Crippen LogP contribution in [0.4, 0.5) is 0 Å². The highest BCUT2D eigenvalue weighted by molar-refractivity contribution is 9.10. The lowest BCUT2D eigenvalue weighted by Gasteiger charge is -2.15. The van der Waals surface area contributed by atoms with E-state index in [0.29, 0.717) is 43.1 Å². The van der Waals surface area contributed by atoms with E-state index in [-0.39, 0.29) is 10.9 Å². The molecule has 1 aliphatic heterocycles. The Morgan fingerprint density at radius 3 is 2.66 bits per heavy atom. The minimum absolute atomic E-state index is 0.203. The molecular formula is C21H16BrCl2NO5S2. The van der Waals surface area contributed by atoms with E-state index in [9.17, 15) is 9.59 Å². The van der Waals surface area contributed by atoms with Crippen molar-refractivity contribution in [3.63, 3.8) is 0 Å². The first-order chi connectivity index (χ1) is 15.2. The Kier molecular flexibility index (Phi) is 8.46. The molecule has 0 bridgehead atoms. The van der Waals surface area contributed by atoms with Crippen molar-refractivity contribution in [2.45, 2.75) is 13.5 Å². The van der Waals surface area contributed by atoms with E-state index in [1.54, 1.807) is 30.3 Å². The summed E-state index contributed by atoms with van der Waals surface area (Å²) in [4.78, 5) is 24.9. The number of nitrogens with zero attached hydrogens (tertiary/aromatic N) is 1. The monoisotopic (exact) mass is 575 g/mol. The SMILES string of the molecule is CCOc1cc(C=C2SC(=S)N(CC(=O)O)C2=O)cc(Br)c1OCc1ccc(Cl)c(Cl)c1. The highest BCUT2D eigenvalue weighted by atomic mass is 79.9. The minimum atomic E-state index is -1.13. The van der Waals surface area contributed by atoms with E-state index < -0.39 is 18.4 Å². The second-order valence-electron chi connectivity index (χ2n) is 6.46. The lowest BCUT2D eigenvalue weighted by Crippen LogP contribution is -2.33. The van der Waals surface area contributed by atoms with Crippen molar-refractivity contribution in [1.29, 1.82) is 0 Å². The van der Waals surface area contributed by atoms with Crippen molar-refractivity contribution in [2.75, 3.05) is 13.2 Å². The van der Waals surface area contributed by atoms with Crippen LogP contribution in [0.2, 0.25) is 10.0 Å². The summed E-state index contributed by atoms with van der Waals surface area (Å²) in [5.74, 6) is -0.605. The molecule has 0 radical (unpaired) electrons. The summed E-state index contributed by atoms with van der Waals surface area (Å²) in [6.45, 7) is 2.01. The fraction of sp³-hybridized carbons (Fsp3) is 0.190. The quantitative estimate of drug-likeness (QED) is 0.304. The van der Waals surface area contributed by atoms with E-state index in [4.69, 9.17) is 50.0 Å². The van der Waals surface area contributed by atoms with Gasteiger partial charge < -0.3 is 14.6 Å². The van der Waals surface area contributed by atoms with Gasteiger partial charge in [0.25, 0.3) is 5.91 Å². The molecule has 1 aliphatic rings. The van der Waals surface area contributed by atoms with Crippen molar-refractivity contribution in [3.8, 4) is 11.5 Å². The van der Waals surface area contributed by atoms with Crippen molar-refractivity contribution in [1.82, 2.24) is 4.90 Å². The lowest BCUT2D eigenvalue weighted by atomic mass is 10.1. The van der Waals surface area contributed by atoms with Gasteiger partial charge in [0.2, 0.25) is 0 Å². The number of carboxylic acids is 1. The number of carbonyl (C=O) groups is 2. The van der Waals surface area contributed by atoms with E-state index in [1.807, 2.05) is 13.0 Å². The number of benzene rings is 2. The summed E-state index contributed by atoms with van der Waals surface area (Å²) in [6.07, 6.45) is 1.64. The third kappa shape index (κ3) is 5.96. The van der Waals surface area contributed by atoms with Crippen molar-refractivity contribution in [3.05, 3.63) is 60.9 Å². The molecule has 3 rings (SSSR count). The molecule has 2 aromatic rings. The highest BCUT2D eigenvalue weighted by Crippen LogP contribution is 2.40. The maximum absolute atomic E-state index is 12.5. The first-order valence-corrected chi connectivity index (χ1v) is 12.0. The van der Waals surface area contributed by atoms with Gasteiger partial charge in [-0.05, 0) is 64.3 Å². The molecule has 0 spiro atoms. The molecule has 1 heterocycles. The van der Waals surface area contributed by atoms with E-state index in [0.717, 1.165) is 22.2 Å². The van der Waals surface area contributed by atoms with Gasteiger partial charge in [0.1, 0.15) is 17.5 Å². The first-order valence-electron chi connectivity index (χ1n) is 9.19. The van der Waals surface area contributed by atoms with Crippen LogP contribution in [0.25, 0.3) is 6.08 Å². The topological polar surface area (TPSA) is 76.1 Å². The fourth-order valence-corrected chi connectivity index (χ4v) is 4.93. The third-order valence-electron chi connectivity index (χ3n) is 4.16. The second kappa shape index (κ2) is 10.9. The Balaban J connectivity index is 1.86. The molecule has 0 aliphatic carbocycles. The van der Waals surface area contributed by atoms with Gasteiger partial charge in [0.05, 0.1) is 26.0 Å². The Bertz CT molecular complexity index is 1130. The molecular weight excluding hydrogens is 561 g/mol. The summed E-state index contributed by atoms with van der Waals surface area (Å²) >= 11 is 21.7. The summed E-state index contributed by atoms with van der Waals surface area (Å²) in [6, 6.07) is 8.75. The normalized spacial score (nSPS) is 14.9. The highest BCUT2D eigenvalue weighted by Gasteiger charge is 2.33. The van der Waals surface area contributed by atoms with Gasteiger partial charge in [0, 0.05) is 0 Å². The number of ether oxygens (including phenoxy) is 2. The number of carbonyl (C=O) groups excluding carboxylic acids is 1. The van der Waals surface area contributed by atoms with Crippen LogP contribution < -0.4 is 9.47 Å². The molecule has 1 fully saturated rings. The fourth-order valence-electron chi connectivity index (χ4n) is 2.78. The second-order valence-corrected chi connectivity index (χ2v) is 9.81. The molecule has 168 valence electrons. The maximum atomic E-state index is 12.5. The average Bonchev–Trinajstić information content (AvgIpc) is 2.97. The van der Waals surface area contributed by atoms with Gasteiger partial charge in [-0.1, -0.05) is 53.2 Å². The zero-order chi connectivity index (χ0) is 23.4. The van der Waals surface area contributed by atoms with Crippen molar-refractivity contribution >= 4 is 85.4 Å². The molecule has 0 atom stereocenters. The largest absolute Gasteiger partial charge is 0.490 e. The van der Waals surface area contributed by atoms with Crippen LogP contribution in [-0.2, 0) is 16.2 Å². The molecule has 11 heteroatoms. The van der Waals surface area contributed by atoms with Crippen LogP contribution in [0.1, 0.15) is 18.1 Å². The van der Waals surface area contributed by atoms with Gasteiger partial charge in [-0.15, -0.1) is 0 Å². The molecule has 1 amide bonds. The Hall–Kier alpha value is -1.78. The number of rotatable bonds is 8. The van der Waals surface area contributed by atoms with Gasteiger partial charge in [0.15, 0.2) is 11.5 Å². The van der Waals surface area contributed by atoms with Crippen LogP contribution in [0.3, 0.4) is 0 Å². The Morgan fingerprint density at radius 1 is 1.25 bits per heavy atom. The lowest BCUT2D eigenvalue weighted by molar-refractivity contribution is -0.140. The maximum Gasteiger partial charge on any atom is 0.323 e. The average molecular weight is 577 g/mol. The van der Waals surface area contributed by atoms with Gasteiger partial charge >= 0.3 is 5.97 Å². The van der Waals surface area contributed by atoms with E-state index in [2.05, 4.69) is 15.9 Å². The van der Waals surface area contributed by atoms with Crippen LogP contribution >= 0.6 is 63.1 Å². The molecule has 1 saturated heterocycles. The van der Waals surface area contributed by atoms with Gasteiger partial charge in [-0.25, -0.2) is 0 Å². The molecule has 6 nitrogen and oxygen atoms in total. The number of amides is 1. The van der Waals surface area contributed by atoms with Crippen molar-refractivity contribution < 1.29 is 24.2 Å². The summed E-state index contributed by atoms with van der Waals surface area (Å²) in [5, 5.41) is 9.88. The molecule has 32 heavy (non-hydrogen) atoms. The molecule has 0 saturated carbocycles. The zero-order valence-electron chi connectivity index (χ0n) is 16.6. The standard InChI is InChI=1S/C21H16BrCl2NO5S2/c1-2-29-16-7-12(8-17-20(28)25(9-18(26)27)21(31)32-17)5-13(22)19(16)30-10-11-3-4-14(23)15(24)6-11/h3-8H,2,9-10H2,1H3,(H,26,27). The van der Waals surface area contributed by atoms with Gasteiger partial charge in [-0.2, -0.15) is 0 Å². The van der Waals surface area contributed by atoms with E-state index in [1.165, 1.54) is 0 Å². The number of hydrogen-bond acceptors (Lipinski definition) is 6. The van der Waals surface area contributed by atoms with Crippen LogP contribution in [0.15, 0.2) is 39.7 Å². The number of hydrogen-bond donors (Lipinski definition) is 1. The summed E-state index contributed by atoms with van der Waals surface area (Å²) in [7, 11) is 0. The smallest absolute Gasteiger partial charge is 0.323 e.